The molecule has 0 fully saturated rings. The lowest BCUT2D eigenvalue weighted by atomic mass is 10.0. The third-order valence-electron chi connectivity index (χ3n) is 3.87. The fraction of sp³-hybridized carbons (Fsp3) is 0.278. The van der Waals surface area contributed by atoms with Crippen molar-refractivity contribution in [3.8, 4) is 5.75 Å². The summed E-state index contributed by atoms with van der Waals surface area (Å²) < 4.78 is 5.77. The van der Waals surface area contributed by atoms with Gasteiger partial charge in [-0.15, -0.1) is 0 Å². The number of aromatic hydroxyl groups is 1. The van der Waals surface area contributed by atoms with Crippen LogP contribution < -0.4 is 0 Å². The van der Waals surface area contributed by atoms with Crippen LogP contribution >= 0.6 is 15.9 Å². The molecule has 1 heterocycles. The number of H-pyrrole nitrogens is 1. The highest BCUT2D eigenvalue weighted by Crippen LogP contribution is 2.24. The second-order valence-electron chi connectivity index (χ2n) is 5.75. The first kappa shape index (κ1) is 18.9. The lowest BCUT2D eigenvalue weighted by Gasteiger charge is -2.13. The Bertz CT molecular complexity index is 869. The average molecular weight is 408 g/mol. The van der Waals surface area contributed by atoms with Crippen molar-refractivity contribution < 1.29 is 24.2 Å². The molecule has 0 radical (unpaired) electrons. The lowest BCUT2D eigenvalue weighted by Crippen LogP contribution is -2.25. The number of esters is 1. The van der Waals surface area contributed by atoms with Crippen LogP contribution in [0.4, 0.5) is 0 Å². The molecule has 0 aliphatic carbocycles. The van der Waals surface area contributed by atoms with E-state index in [-0.39, 0.29) is 22.8 Å². The standard InChI is InChI=1S/C18H18BrNO5/c1-8-15(10(3)21)9(2)20-16(8)17(23)11(4)25-18(24)13-7-12(19)5-6-14(13)22/h5-7,11,20,22H,1-4H3/t11-/m1/s1. The number of halogens is 1. The van der Waals surface area contributed by atoms with Gasteiger partial charge in [-0.05, 0) is 51.5 Å². The topological polar surface area (TPSA) is 96.5 Å². The van der Waals surface area contributed by atoms with E-state index in [1.54, 1.807) is 19.9 Å². The number of benzene rings is 1. The summed E-state index contributed by atoms with van der Waals surface area (Å²) in [6, 6.07) is 4.34. The summed E-state index contributed by atoms with van der Waals surface area (Å²) >= 11 is 3.21. The van der Waals surface area contributed by atoms with Gasteiger partial charge in [0.15, 0.2) is 11.9 Å². The van der Waals surface area contributed by atoms with E-state index in [1.165, 1.54) is 26.0 Å². The van der Waals surface area contributed by atoms with Gasteiger partial charge in [-0.25, -0.2) is 4.79 Å². The number of Topliss-reactive ketones (excluding diaryl/α,β-unsaturated/α-hetero) is 2. The van der Waals surface area contributed by atoms with Gasteiger partial charge in [-0.3, -0.25) is 9.59 Å². The Labute approximate surface area is 153 Å². The van der Waals surface area contributed by atoms with Crippen LogP contribution in [-0.4, -0.2) is 33.7 Å². The summed E-state index contributed by atoms with van der Waals surface area (Å²) in [6.45, 7) is 6.24. The Kier molecular flexibility index (Phi) is 5.47. The minimum atomic E-state index is -1.08. The molecule has 7 heteroatoms. The van der Waals surface area contributed by atoms with E-state index in [2.05, 4.69) is 20.9 Å². The van der Waals surface area contributed by atoms with Crippen molar-refractivity contribution in [2.24, 2.45) is 0 Å². The number of aromatic amines is 1. The molecule has 0 saturated carbocycles. The van der Waals surface area contributed by atoms with Gasteiger partial charge in [-0.1, -0.05) is 15.9 Å². The summed E-state index contributed by atoms with van der Waals surface area (Å²) in [5.74, 6) is -1.64. The van der Waals surface area contributed by atoms with Gasteiger partial charge in [0.25, 0.3) is 0 Å². The van der Waals surface area contributed by atoms with Crippen LogP contribution in [0.25, 0.3) is 0 Å². The zero-order valence-corrected chi connectivity index (χ0v) is 15.9. The molecule has 1 atom stereocenters. The van der Waals surface area contributed by atoms with Crippen LogP contribution in [0.2, 0.25) is 0 Å². The molecule has 0 amide bonds. The molecule has 0 aliphatic heterocycles. The van der Waals surface area contributed by atoms with Gasteiger partial charge < -0.3 is 14.8 Å². The number of nitrogens with one attached hydrogen (secondary N) is 1. The Morgan fingerprint density at radius 1 is 1.24 bits per heavy atom. The molecule has 2 N–H and O–H groups in total. The van der Waals surface area contributed by atoms with E-state index in [1.807, 2.05) is 0 Å². The van der Waals surface area contributed by atoms with Crippen molar-refractivity contribution >= 4 is 33.5 Å². The molecular formula is C18H18BrNO5. The van der Waals surface area contributed by atoms with Crippen LogP contribution in [0, 0.1) is 13.8 Å². The third kappa shape index (κ3) is 3.82. The SMILES string of the molecule is CC(=O)c1c(C)[nH]c(C(=O)[C@@H](C)OC(=O)c2cc(Br)ccc2O)c1C. The van der Waals surface area contributed by atoms with Crippen molar-refractivity contribution in [1.82, 2.24) is 4.98 Å². The maximum absolute atomic E-state index is 12.6. The number of carbonyl (C=O) groups excluding carboxylic acids is 3. The molecule has 1 aromatic heterocycles. The zero-order valence-electron chi connectivity index (χ0n) is 14.3. The first-order valence-corrected chi connectivity index (χ1v) is 8.36. The maximum atomic E-state index is 12.6. The van der Waals surface area contributed by atoms with Gasteiger partial charge in [0, 0.05) is 15.7 Å². The van der Waals surface area contributed by atoms with Crippen LogP contribution in [0.1, 0.15) is 56.3 Å². The van der Waals surface area contributed by atoms with Crippen molar-refractivity contribution in [1.29, 1.82) is 0 Å². The lowest BCUT2D eigenvalue weighted by molar-refractivity contribution is 0.0314. The molecule has 132 valence electrons. The number of carbonyl (C=O) groups is 3. The molecule has 0 unspecified atom stereocenters. The minimum absolute atomic E-state index is 0.0437. The summed E-state index contributed by atoms with van der Waals surface area (Å²) in [7, 11) is 0. The van der Waals surface area contributed by atoms with Gasteiger partial charge in [-0.2, -0.15) is 0 Å². The number of hydrogen-bond acceptors (Lipinski definition) is 5. The number of hydrogen-bond donors (Lipinski definition) is 2. The summed E-state index contributed by atoms with van der Waals surface area (Å²) in [5.41, 5.74) is 1.78. The van der Waals surface area contributed by atoms with Crippen molar-refractivity contribution in [3.05, 3.63) is 50.8 Å². The molecule has 25 heavy (non-hydrogen) atoms. The molecular weight excluding hydrogens is 390 g/mol. The summed E-state index contributed by atoms with van der Waals surface area (Å²) in [4.78, 5) is 39.4. The minimum Gasteiger partial charge on any atom is -0.507 e. The van der Waals surface area contributed by atoms with Crippen molar-refractivity contribution in [3.63, 3.8) is 0 Å². The van der Waals surface area contributed by atoms with Crippen molar-refractivity contribution in [2.75, 3.05) is 0 Å². The van der Waals surface area contributed by atoms with E-state index in [0.29, 0.717) is 21.3 Å². The highest BCUT2D eigenvalue weighted by molar-refractivity contribution is 9.10. The van der Waals surface area contributed by atoms with Crippen LogP contribution in [0.15, 0.2) is 22.7 Å². The molecule has 6 nitrogen and oxygen atoms in total. The number of rotatable bonds is 5. The van der Waals surface area contributed by atoms with E-state index in [9.17, 15) is 19.5 Å². The number of phenols is 1. The van der Waals surface area contributed by atoms with Crippen molar-refractivity contribution in [2.45, 2.75) is 33.8 Å². The van der Waals surface area contributed by atoms with Crippen LogP contribution in [0.5, 0.6) is 5.75 Å². The first-order chi connectivity index (χ1) is 11.6. The normalized spacial score (nSPS) is 11.9. The molecule has 1 aromatic carbocycles. The van der Waals surface area contributed by atoms with E-state index < -0.39 is 17.9 Å². The Balaban J connectivity index is 2.24. The number of phenolic OH excluding ortho intramolecular Hbond substituents is 1. The predicted octanol–water partition coefficient (Wildman–Crippen LogP) is 3.73. The van der Waals surface area contributed by atoms with Crippen LogP contribution in [-0.2, 0) is 4.74 Å². The molecule has 0 aliphatic rings. The van der Waals surface area contributed by atoms with Gasteiger partial charge in [0.05, 0.1) is 5.69 Å². The van der Waals surface area contributed by atoms with E-state index in [0.717, 1.165) is 0 Å². The largest absolute Gasteiger partial charge is 0.507 e. The zero-order chi connectivity index (χ0) is 18.9. The second kappa shape index (κ2) is 7.23. The summed E-state index contributed by atoms with van der Waals surface area (Å²) in [6.07, 6.45) is -1.08. The molecule has 2 aromatic rings. The van der Waals surface area contributed by atoms with Crippen LogP contribution in [0.3, 0.4) is 0 Å². The molecule has 0 spiro atoms. The number of aromatic nitrogens is 1. The Morgan fingerprint density at radius 3 is 2.44 bits per heavy atom. The highest BCUT2D eigenvalue weighted by Gasteiger charge is 2.27. The summed E-state index contributed by atoms with van der Waals surface area (Å²) in [5, 5.41) is 9.77. The van der Waals surface area contributed by atoms with E-state index >= 15 is 0 Å². The quantitative estimate of drug-likeness (QED) is 0.581. The molecule has 0 bridgehead atoms. The average Bonchev–Trinajstić information content (AvgIpc) is 2.83. The van der Waals surface area contributed by atoms with Gasteiger partial charge in [0.2, 0.25) is 5.78 Å². The molecule has 0 saturated heterocycles. The monoisotopic (exact) mass is 407 g/mol. The number of ether oxygens (including phenoxy) is 1. The third-order valence-corrected chi connectivity index (χ3v) is 4.36. The van der Waals surface area contributed by atoms with Gasteiger partial charge >= 0.3 is 5.97 Å². The second-order valence-corrected chi connectivity index (χ2v) is 6.67. The first-order valence-electron chi connectivity index (χ1n) is 7.57. The number of ketones is 2. The fourth-order valence-corrected chi connectivity index (χ4v) is 3.04. The van der Waals surface area contributed by atoms with Gasteiger partial charge in [0.1, 0.15) is 11.3 Å². The number of aryl methyl sites for hydroxylation is 1. The predicted molar refractivity (Wildman–Crippen MR) is 95.3 cm³/mol. The molecule has 2 rings (SSSR count). The smallest absolute Gasteiger partial charge is 0.342 e. The highest BCUT2D eigenvalue weighted by atomic mass is 79.9. The maximum Gasteiger partial charge on any atom is 0.342 e. The fourth-order valence-electron chi connectivity index (χ4n) is 2.68. The Morgan fingerprint density at radius 2 is 1.88 bits per heavy atom. The Hall–Kier alpha value is -2.41. The van der Waals surface area contributed by atoms with E-state index in [4.69, 9.17) is 4.74 Å².